The minimum Gasteiger partial charge on any atom is -0.506 e. The van der Waals surface area contributed by atoms with Crippen LogP contribution in [0.4, 0.5) is 24.7 Å². The maximum Gasteiger partial charge on any atom is 0.416 e. The summed E-state index contributed by atoms with van der Waals surface area (Å²) in [5.41, 5.74) is 1.27. The maximum absolute atomic E-state index is 13.6. The molecular formula is C29H27F3N6O3. The van der Waals surface area contributed by atoms with Gasteiger partial charge in [0.15, 0.2) is 11.5 Å². The monoisotopic (exact) mass is 564 g/mol. The van der Waals surface area contributed by atoms with Crippen LogP contribution in [0.2, 0.25) is 0 Å². The van der Waals surface area contributed by atoms with Gasteiger partial charge in [-0.25, -0.2) is 0 Å². The molecule has 9 nitrogen and oxygen atoms in total. The number of hydrogen-bond donors (Lipinski definition) is 2. The van der Waals surface area contributed by atoms with Crippen molar-refractivity contribution in [3.05, 3.63) is 89.9 Å². The SMILES string of the molecule is COc1ccc(NC(=O)c2ccc(N3CCN(Cc4cc(-c5cncc(O)c5)cc(C(F)(F)F)c4)CC3)nn2)cc1. The second-order valence-electron chi connectivity index (χ2n) is 9.57. The molecule has 0 radical (unpaired) electrons. The molecule has 0 unspecified atom stereocenters. The molecule has 3 heterocycles. The Morgan fingerprint density at radius 1 is 0.951 bits per heavy atom. The van der Waals surface area contributed by atoms with Gasteiger partial charge in [-0.05, 0) is 71.8 Å². The van der Waals surface area contributed by atoms with Crippen molar-refractivity contribution in [2.45, 2.75) is 12.7 Å². The minimum absolute atomic E-state index is 0.119. The number of anilines is 2. The number of methoxy groups -OCH3 is 1. The number of rotatable bonds is 7. The number of halogens is 3. The Kier molecular flexibility index (Phi) is 8.02. The summed E-state index contributed by atoms with van der Waals surface area (Å²) in [5, 5.41) is 20.8. The number of aromatic hydroxyl groups is 1. The predicted molar refractivity (Wildman–Crippen MR) is 147 cm³/mol. The van der Waals surface area contributed by atoms with E-state index in [1.165, 1.54) is 18.5 Å². The number of ether oxygens (including phenoxy) is 1. The van der Waals surface area contributed by atoms with Crippen molar-refractivity contribution in [1.29, 1.82) is 0 Å². The van der Waals surface area contributed by atoms with Crippen LogP contribution >= 0.6 is 0 Å². The molecule has 0 aliphatic carbocycles. The maximum atomic E-state index is 13.6. The molecule has 0 spiro atoms. The number of aromatic nitrogens is 3. The molecule has 1 fully saturated rings. The van der Waals surface area contributed by atoms with Crippen LogP contribution in [-0.2, 0) is 12.7 Å². The summed E-state index contributed by atoms with van der Waals surface area (Å²) in [7, 11) is 1.56. The molecule has 1 aliphatic heterocycles. The number of nitrogens with one attached hydrogen (secondary N) is 1. The largest absolute Gasteiger partial charge is 0.506 e. The fraction of sp³-hybridized carbons (Fsp3) is 0.241. The molecule has 2 aromatic heterocycles. The highest BCUT2D eigenvalue weighted by atomic mass is 19.4. The third-order valence-electron chi connectivity index (χ3n) is 6.71. The van der Waals surface area contributed by atoms with E-state index in [2.05, 4.69) is 25.4 Å². The van der Waals surface area contributed by atoms with Crippen LogP contribution in [0.5, 0.6) is 11.5 Å². The van der Waals surface area contributed by atoms with Gasteiger partial charge in [0.2, 0.25) is 0 Å². The number of benzene rings is 2. The average molecular weight is 565 g/mol. The van der Waals surface area contributed by atoms with Crippen LogP contribution < -0.4 is 15.0 Å². The summed E-state index contributed by atoms with van der Waals surface area (Å²) < 4.78 is 46.1. The van der Waals surface area contributed by atoms with E-state index in [4.69, 9.17) is 4.74 Å². The first-order chi connectivity index (χ1) is 19.7. The van der Waals surface area contributed by atoms with Gasteiger partial charge in [0, 0.05) is 50.2 Å². The van der Waals surface area contributed by atoms with Gasteiger partial charge in [-0.3, -0.25) is 14.7 Å². The summed E-state index contributed by atoms with van der Waals surface area (Å²) in [5.74, 6) is 0.786. The standard InChI is InChI=1S/C29H27F3N6O3/c1-41-25-4-2-23(3-5-25)34-28(40)26-6-7-27(36-35-26)38-10-8-37(9-11-38)18-19-12-20(14-22(13-19)29(30,31)32)21-15-24(39)17-33-16-21/h2-7,12-17,39H,8-11,18H2,1H3,(H,34,40). The number of piperazine rings is 1. The van der Waals surface area contributed by atoms with Gasteiger partial charge in [0.1, 0.15) is 11.5 Å². The van der Waals surface area contributed by atoms with Crippen molar-refractivity contribution in [1.82, 2.24) is 20.1 Å². The van der Waals surface area contributed by atoms with Crippen molar-refractivity contribution in [3.8, 4) is 22.6 Å². The van der Waals surface area contributed by atoms with Gasteiger partial charge in [0.25, 0.3) is 5.91 Å². The molecule has 1 saturated heterocycles. The lowest BCUT2D eigenvalue weighted by Gasteiger charge is -2.35. The second kappa shape index (κ2) is 11.8. The molecule has 0 atom stereocenters. The lowest BCUT2D eigenvalue weighted by Crippen LogP contribution is -2.46. The van der Waals surface area contributed by atoms with Gasteiger partial charge in [-0.1, -0.05) is 0 Å². The average Bonchev–Trinajstić information content (AvgIpc) is 2.97. The Hall–Kier alpha value is -4.71. The van der Waals surface area contributed by atoms with E-state index < -0.39 is 11.7 Å². The van der Waals surface area contributed by atoms with E-state index in [1.54, 1.807) is 49.6 Å². The van der Waals surface area contributed by atoms with Gasteiger partial charge < -0.3 is 20.1 Å². The van der Waals surface area contributed by atoms with Crippen LogP contribution in [-0.4, -0.2) is 64.4 Å². The quantitative estimate of drug-likeness (QED) is 0.329. The molecule has 0 saturated carbocycles. The zero-order valence-corrected chi connectivity index (χ0v) is 22.1. The van der Waals surface area contributed by atoms with Crippen molar-refractivity contribution in [2.24, 2.45) is 0 Å². The highest BCUT2D eigenvalue weighted by Crippen LogP contribution is 2.34. The van der Waals surface area contributed by atoms with Crippen molar-refractivity contribution in [3.63, 3.8) is 0 Å². The van der Waals surface area contributed by atoms with Crippen LogP contribution in [0.15, 0.2) is 73.1 Å². The first kappa shape index (κ1) is 27.8. The zero-order valence-electron chi connectivity index (χ0n) is 22.1. The summed E-state index contributed by atoms with van der Waals surface area (Å²) in [4.78, 5) is 20.5. The summed E-state index contributed by atoms with van der Waals surface area (Å²) in [6.07, 6.45) is -1.86. The molecule has 12 heteroatoms. The predicted octanol–water partition coefficient (Wildman–Crippen LogP) is 4.85. The van der Waals surface area contributed by atoms with Gasteiger partial charge >= 0.3 is 6.18 Å². The van der Waals surface area contributed by atoms with Crippen LogP contribution in [0.25, 0.3) is 11.1 Å². The van der Waals surface area contributed by atoms with Crippen molar-refractivity contribution >= 4 is 17.4 Å². The van der Waals surface area contributed by atoms with Gasteiger partial charge in [-0.2, -0.15) is 13.2 Å². The van der Waals surface area contributed by atoms with Crippen LogP contribution in [0, 0.1) is 0 Å². The lowest BCUT2D eigenvalue weighted by molar-refractivity contribution is -0.137. The Balaban J connectivity index is 1.21. The zero-order chi connectivity index (χ0) is 29.0. The van der Waals surface area contributed by atoms with E-state index in [0.29, 0.717) is 66.7 Å². The summed E-state index contributed by atoms with van der Waals surface area (Å²) in [6.45, 7) is 2.71. The Bertz CT molecular complexity index is 1510. The smallest absolute Gasteiger partial charge is 0.416 e. The van der Waals surface area contributed by atoms with E-state index in [-0.39, 0.29) is 17.4 Å². The molecule has 2 N–H and O–H groups in total. The number of carbonyl (C=O) groups excluding carboxylic acids is 1. The molecular weight excluding hydrogens is 537 g/mol. The second-order valence-corrected chi connectivity index (χ2v) is 9.57. The lowest BCUT2D eigenvalue weighted by atomic mass is 10.00. The van der Waals surface area contributed by atoms with E-state index in [0.717, 1.165) is 12.1 Å². The van der Waals surface area contributed by atoms with E-state index in [9.17, 15) is 23.1 Å². The van der Waals surface area contributed by atoms with E-state index in [1.807, 2.05) is 4.90 Å². The van der Waals surface area contributed by atoms with Gasteiger partial charge in [0.05, 0.1) is 18.9 Å². The van der Waals surface area contributed by atoms with Crippen molar-refractivity contribution in [2.75, 3.05) is 43.5 Å². The molecule has 2 aromatic carbocycles. The van der Waals surface area contributed by atoms with Crippen molar-refractivity contribution < 1.29 is 27.8 Å². The molecule has 41 heavy (non-hydrogen) atoms. The summed E-state index contributed by atoms with van der Waals surface area (Å²) >= 11 is 0. The fourth-order valence-electron chi connectivity index (χ4n) is 4.58. The number of amides is 1. The fourth-order valence-corrected chi connectivity index (χ4v) is 4.58. The third kappa shape index (κ3) is 6.90. The molecule has 212 valence electrons. The topological polar surface area (TPSA) is 104 Å². The normalized spacial score (nSPS) is 14.1. The Morgan fingerprint density at radius 2 is 1.71 bits per heavy atom. The molecule has 0 bridgehead atoms. The van der Waals surface area contributed by atoms with Crippen LogP contribution in [0.1, 0.15) is 21.6 Å². The van der Waals surface area contributed by atoms with Gasteiger partial charge in [-0.15, -0.1) is 10.2 Å². The number of carbonyl (C=O) groups is 1. The molecule has 1 aliphatic rings. The Labute approximate surface area is 234 Å². The number of pyridine rings is 1. The Morgan fingerprint density at radius 3 is 2.34 bits per heavy atom. The summed E-state index contributed by atoms with van der Waals surface area (Å²) in [6, 6.07) is 15.6. The number of nitrogens with zero attached hydrogens (tertiary/aromatic N) is 5. The minimum atomic E-state index is -4.51. The molecule has 4 aromatic rings. The number of alkyl halides is 3. The highest BCUT2D eigenvalue weighted by molar-refractivity contribution is 6.02. The first-order valence-electron chi connectivity index (χ1n) is 12.8. The van der Waals surface area contributed by atoms with E-state index >= 15 is 0 Å². The third-order valence-corrected chi connectivity index (χ3v) is 6.71. The van der Waals surface area contributed by atoms with Crippen LogP contribution in [0.3, 0.4) is 0 Å². The molecule has 5 rings (SSSR count). The number of hydrogen-bond acceptors (Lipinski definition) is 8. The first-order valence-corrected chi connectivity index (χ1v) is 12.8. The molecule has 1 amide bonds. The highest BCUT2D eigenvalue weighted by Gasteiger charge is 2.31.